The molecule has 0 amide bonds. The summed E-state index contributed by atoms with van der Waals surface area (Å²) in [6, 6.07) is 0.719. The Morgan fingerprint density at radius 3 is 2.69 bits per heavy atom. The zero-order valence-corrected chi connectivity index (χ0v) is 8.15. The summed E-state index contributed by atoms with van der Waals surface area (Å²) in [4.78, 5) is 2.65. The first-order chi connectivity index (χ1) is 6.31. The summed E-state index contributed by atoms with van der Waals surface area (Å²) in [7, 11) is 0. The molecule has 0 spiro atoms. The molecule has 5 unspecified atom stereocenters. The van der Waals surface area contributed by atoms with Crippen molar-refractivity contribution in [1.82, 2.24) is 4.90 Å². The van der Waals surface area contributed by atoms with Gasteiger partial charge in [0.15, 0.2) is 0 Å². The van der Waals surface area contributed by atoms with Crippen LogP contribution in [0, 0.1) is 11.8 Å². The lowest BCUT2D eigenvalue weighted by molar-refractivity contribution is 0.0462. The lowest BCUT2D eigenvalue weighted by Gasteiger charge is -2.44. The van der Waals surface area contributed by atoms with Gasteiger partial charge in [-0.1, -0.05) is 0 Å². The van der Waals surface area contributed by atoms with Gasteiger partial charge in [0.25, 0.3) is 0 Å². The lowest BCUT2D eigenvalue weighted by atomic mass is 9.81. The van der Waals surface area contributed by atoms with E-state index in [1.54, 1.807) is 0 Å². The maximum absolute atomic E-state index is 9.83. The van der Waals surface area contributed by atoms with E-state index in [4.69, 9.17) is 0 Å². The maximum Gasteiger partial charge on any atom is 0.0558 e. The molecule has 1 N–H and O–H groups in total. The largest absolute Gasteiger partial charge is 0.393 e. The quantitative estimate of drug-likeness (QED) is 0.608. The van der Waals surface area contributed by atoms with E-state index in [2.05, 4.69) is 4.90 Å². The van der Waals surface area contributed by atoms with Crippen molar-refractivity contribution >= 4 is 0 Å². The van der Waals surface area contributed by atoms with Crippen molar-refractivity contribution in [2.45, 2.75) is 44.2 Å². The molecule has 0 aromatic carbocycles. The minimum absolute atomic E-state index is 0.00292. The van der Waals surface area contributed by atoms with Gasteiger partial charge in [0.1, 0.15) is 0 Å². The summed E-state index contributed by atoms with van der Waals surface area (Å²) in [5, 5.41) is 9.83. The third kappa shape index (κ3) is 1.40. The fourth-order valence-corrected chi connectivity index (χ4v) is 3.71. The molecule has 0 aromatic rings. The highest BCUT2D eigenvalue weighted by Crippen LogP contribution is 2.39. The smallest absolute Gasteiger partial charge is 0.0558 e. The Bertz CT molecular complexity index is 202. The van der Waals surface area contributed by atoms with E-state index in [1.165, 1.54) is 32.4 Å². The van der Waals surface area contributed by atoms with Crippen molar-refractivity contribution in [2.24, 2.45) is 11.8 Å². The molecule has 3 rings (SSSR count). The number of piperidine rings is 2. The first-order valence-corrected chi connectivity index (χ1v) is 5.73. The monoisotopic (exact) mass is 181 g/mol. The number of hydrogen-bond donors (Lipinski definition) is 1. The molecule has 13 heavy (non-hydrogen) atoms. The number of rotatable bonds is 0. The fourth-order valence-electron chi connectivity index (χ4n) is 3.71. The number of fused-ring (bicyclic) bond motifs is 2. The van der Waals surface area contributed by atoms with Crippen molar-refractivity contribution in [3.8, 4) is 0 Å². The predicted molar refractivity (Wildman–Crippen MR) is 51.4 cm³/mol. The van der Waals surface area contributed by atoms with Gasteiger partial charge in [0.2, 0.25) is 0 Å². The van der Waals surface area contributed by atoms with Gasteiger partial charge < -0.3 is 5.11 Å². The Hall–Kier alpha value is -0.0800. The van der Waals surface area contributed by atoms with Gasteiger partial charge in [0.05, 0.1) is 6.10 Å². The lowest BCUT2D eigenvalue weighted by Crippen LogP contribution is -2.48. The normalized spacial score (nSPS) is 54.7. The molecule has 2 nitrogen and oxygen atoms in total. The molecule has 74 valence electrons. The van der Waals surface area contributed by atoms with E-state index in [9.17, 15) is 5.11 Å². The SMILES string of the molecule is OC1CC2CC3CCC(C1)N(C3)C2. The van der Waals surface area contributed by atoms with Crippen LogP contribution in [0.1, 0.15) is 32.1 Å². The Balaban J connectivity index is 1.86. The van der Waals surface area contributed by atoms with Crippen molar-refractivity contribution < 1.29 is 5.11 Å². The molecular weight excluding hydrogens is 162 g/mol. The molecule has 3 saturated heterocycles. The van der Waals surface area contributed by atoms with Gasteiger partial charge in [-0.05, 0) is 43.9 Å². The number of nitrogens with zero attached hydrogens (tertiary/aromatic N) is 1. The van der Waals surface area contributed by atoms with Crippen LogP contribution in [0.2, 0.25) is 0 Å². The van der Waals surface area contributed by atoms with Gasteiger partial charge in [-0.15, -0.1) is 0 Å². The highest BCUT2D eigenvalue weighted by Gasteiger charge is 2.39. The molecule has 3 heterocycles. The van der Waals surface area contributed by atoms with Gasteiger partial charge in [-0.3, -0.25) is 4.90 Å². The molecular formula is C11H19NO. The standard InChI is InChI=1S/C11H19NO/c13-11-4-9-3-8-1-2-10(5-11)12(6-8)7-9/h8-11,13H,1-7H2. The minimum atomic E-state index is -0.00292. The second-order valence-corrected chi connectivity index (χ2v) is 5.28. The average molecular weight is 181 g/mol. The van der Waals surface area contributed by atoms with E-state index in [0.717, 1.165) is 30.7 Å². The van der Waals surface area contributed by atoms with Crippen LogP contribution in [0.25, 0.3) is 0 Å². The van der Waals surface area contributed by atoms with Gasteiger partial charge >= 0.3 is 0 Å². The molecule has 5 atom stereocenters. The summed E-state index contributed by atoms with van der Waals surface area (Å²) in [6.07, 6.45) is 6.27. The summed E-state index contributed by atoms with van der Waals surface area (Å²) < 4.78 is 0. The molecule has 0 saturated carbocycles. The van der Waals surface area contributed by atoms with Crippen LogP contribution < -0.4 is 0 Å². The van der Waals surface area contributed by atoms with Gasteiger partial charge in [-0.2, -0.15) is 0 Å². The third-order valence-corrected chi connectivity index (χ3v) is 4.23. The Morgan fingerprint density at radius 1 is 0.923 bits per heavy atom. The average Bonchev–Trinajstić information content (AvgIpc) is 2.15. The number of hydrogen-bond acceptors (Lipinski definition) is 2. The second-order valence-electron chi connectivity index (χ2n) is 5.28. The topological polar surface area (TPSA) is 23.5 Å². The van der Waals surface area contributed by atoms with Crippen LogP contribution >= 0.6 is 0 Å². The first-order valence-electron chi connectivity index (χ1n) is 5.73. The highest BCUT2D eigenvalue weighted by atomic mass is 16.3. The number of aliphatic hydroxyl groups is 1. The summed E-state index contributed by atoms with van der Waals surface area (Å²) in [6.45, 7) is 2.60. The molecule has 0 radical (unpaired) electrons. The molecule has 2 heteroatoms. The highest BCUT2D eigenvalue weighted by molar-refractivity contribution is 4.93. The van der Waals surface area contributed by atoms with E-state index >= 15 is 0 Å². The van der Waals surface area contributed by atoms with E-state index in [-0.39, 0.29) is 6.10 Å². The maximum atomic E-state index is 9.83. The van der Waals surface area contributed by atoms with Crippen molar-refractivity contribution in [2.75, 3.05) is 13.1 Å². The Labute approximate surface area is 79.9 Å². The summed E-state index contributed by atoms with van der Waals surface area (Å²) >= 11 is 0. The van der Waals surface area contributed by atoms with Crippen LogP contribution in [0.3, 0.4) is 0 Å². The second kappa shape index (κ2) is 2.96. The Morgan fingerprint density at radius 2 is 1.77 bits per heavy atom. The van der Waals surface area contributed by atoms with E-state index in [0.29, 0.717) is 0 Å². The van der Waals surface area contributed by atoms with Gasteiger partial charge in [-0.25, -0.2) is 0 Å². The number of aliphatic hydroxyl groups excluding tert-OH is 1. The van der Waals surface area contributed by atoms with E-state index < -0.39 is 0 Å². The zero-order valence-electron chi connectivity index (χ0n) is 8.15. The van der Waals surface area contributed by atoms with Crippen LogP contribution in [0.5, 0.6) is 0 Å². The van der Waals surface area contributed by atoms with Crippen molar-refractivity contribution in [3.63, 3.8) is 0 Å². The summed E-state index contributed by atoms with van der Waals surface area (Å²) in [5.74, 6) is 1.76. The van der Waals surface area contributed by atoms with Crippen LogP contribution in [-0.2, 0) is 0 Å². The van der Waals surface area contributed by atoms with Gasteiger partial charge in [0, 0.05) is 19.1 Å². The predicted octanol–water partition coefficient (Wildman–Crippen LogP) is 1.24. The molecule has 0 aliphatic carbocycles. The van der Waals surface area contributed by atoms with E-state index in [1.807, 2.05) is 0 Å². The third-order valence-electron chi connectivity index (χ3n) is 4.23. The zero-order chi connectivity index (χ0) is 8.84. The van der Waals surface area contributed by atoms with Crippen LogP contribution in [-0.4, -0.2) is 35.2 Å². The van der Waals surface area contributed by atoms with Crippen molar-refractivity contribution in [1.29, 1.82) is 0 Å². The van der Waals surface area contributed by atoms with Crippen LogP contribution in [0.15, 0.2) is 0 Å². The molecule has 3 fully saturated rings. The molecule has 3 bridgehead atoms. The first kappa shape index (κ1) is 8.25. The Kier molecular flexibility index (Phi) is 1.88. The molecule has 3 aliphatic rings. The molecule has 3 aliphatic heterocycles. The summed E-state index contributed by atoms with van der Waals surface area (Å²) in [5.41, 5.74) is 0. The fraction of sp³-hybridized carbons (Fsp3) is 1.00. The van der Waals surface area contributed by atoms with Crippen molar-refractivity contribution in [3.05, 3.63) is 0 Å². The molecule has 0 aromatic heterocycles. The minimum Gasteiger partial charge on any atom is -0.393 e. The van der Waals surface area contributed by atoms with Crippen LogP contribution in [0.4, 0.5) is 0 Å².